The molecule has 1 aromatic rings. The summed E-state index contributed by atoms with van der Waals surface area (Å²) in [5.41, 5.74) is 0. The smallest absolute Gasteiger partial charge is 0.306 e. The maximum atomic E-state index is 12.8. The number of thioether (sulfide) groups is 1. The Kier molecular flexibility index (Phi) is 5.18. The quantitative estimate of drug-likeness (QED) is 0.572. The van der Waals surface area contributed by atoms with Gasteiger partial charge in [0.15, 0.2) is 0 Å². The molecule has 1 aromatic carbocycles. The summed E-state index contributed by atoms with van der Waals surface area (Å²) in [4.78, 5) is 11.8. The molecule has 0 atom stereocenters. The van der Waals surface area contributed by atoms with Crippen molar-refractivity contribution in [3.63, 3.8) is 0 Å². The van der Waals surface area contributed by atoms with E-state index in [1.54, 1.807) is 13.0 Å². The first-order valence-corrected chi connectivity index (χ1v) is 5.75. The van der Waals surface area contributed by atoms with Gasteiger partial charge in [-0.25, -0.2) is 4.39 Å². The maximum absolute atomic E-state index is 12.8. The highest BCUT2D eigenvalue weighted by molar-refractivity contribution is 7.99. The van der Waals surface area contributed by atoms with Crippen molar-refractivity contribution in [2.45, 2.75) is 18.2 Å². The average molecular weight is 228 g/mol. The summed E-state index contributed by atoms with van der Waals surface area (Å²) in [6.45, 7) is 2.18. The molecule has 82 valence electrons. The molecular weight excluding hydrogens is 215 g/mol. The summed E-state index contributed by atoms with van der Waals surface area (Å²) in [6, 6.07) is 6.33. The number of benzene rings is 1. The molecule has 0 spiro atoms. The largest absolute Gasteiger partial charge is 0.466 e. The Morgan fingerprint density at radius 3 is 3.00 bits per heavy atom. The van der Waals surface area contributed by atoms with Crippen LogP contribution in [0.5, 0.6) is 0 Å². The lowest BCUT2D eigenvalue weighted by atomic mass is 10.4. The third-order valence-corrected chi connectivity index (χ3v) is 2.67. The van der Waals surface area contributed by atoms with Gasteiger partial charge < -0.3 is 4.74 Å². The van der Waals surface area contributed by atoms with E-state index in [0.29, 0.717) is 18.8 Å². The molecule has 0 aliphatic rings. The Bertz CT molecular complexity index is 328. The van der Waals surface area contributed by atoms with Crippen LogP contribution in [0.15, 0.2) is 29.2 Å². The summed E-state index contributed by atoms with van der Waals surface area (Å²) in [5.74, 6) is 0.153. The Hall–Kier alpha value is -1.03. The van der Waals surface area contributed by atoms with Gasteiger partial charge in [-0.1, -0.05) is 6.07 Å². The van der Waals surface area contributed by atoms with Gasteiger partial charge in [-0.15, -0.1) is 11.8 Å². The molecule has 2 nitrogen and oxygen atoms in total. The summed E-state index contributed by atoms with van der Waals surface area (Å²) in [5, 5.41) is 0. The topological polar surface area (TPSA) is 26.3 Å². The molecule has 0 N–H and O–H groups in total. The molecule has 0 fully saturated rings. The summed E-state index contributed by atoms with van der Waals surface area (Å²) in [6.07, 6.45) is 0.356. The van der Waals surface area contributed by atoms with Crippen molar-refractivity contribution in [3.05, 3.63) is 30.1 Å². The van der Waals surface area contributed by atoms with Gasteiger partial charge in [0, 0.05) is 10.6 Å². The van der Waals surface area contributed by atoms with Crippen LogP contribution >= 0.6 is 11.8 Å². The molecule has 0 amide bonds. The molecule has 0 heterocycles. The molecule has 0 aliphatic carbocycles. The molecule has 0 saturated heterocycles. The van der Waals surface area contributed by atoms with Crippen molar-refractivity contribution < 1.29 is 13.9 Å². The Balaban J connectivity index is 2.28. The van der Waals surface area contributed by atoms with Gasteiger partial charge in [0.25, 0.3) is 0 Å². The van der Waals surface area contributed by atoms with E-state index in [-0.39, 0.29) is 11.8 Å². The predicted octanol–water partition coefficient (Wildman–Crippen LogP) is 2.87. The van der Waals surface area contributed by atoms with Crippen LogP contribution in [0.25, 0.3) is 0 Å². The molecule has 0 unspecified atom stereocenters. The second kappa shape index (κ2) is 6.45. The minimum atomic E-state index is -0.254. The fraction of sp³-hybridized carbons (Fsp3) is 0.364. The van der Waals surface area contributed by atoms with E-state index in [0.717, 1.165) is 4.90 Å². The summed E-state index contributed by atoms with van der Waals surface area (Å²) >= 11 is 1.45. The van der Waals surface area contributed by atoms with Crippen molar-refractivity contribution in [2.24, 2.45) is 0 Å². The van der Waals surface area contributed by atoms with E-state index in [9.17, 15) is 9.18 Å². The zero-order valence-corrected chi connectivity index (χ0v) is 9.35. The fourth-order valence-corrected chi connectivity index (χ4v) is 1.92. The van der Waals surface area contributed by atoms with Crippen LogP contribution in [0, 0.1) is 5.82 Å². The lowest BCUT2D eigenvalue weighted by molar-refractivity contribution is -0.142. The van der Waals surface area contributed by atoms with E-state index in [4.69, 9.17) is 4.74 Å². The zero-order chi connectivity index (χ0) is 11.1. The fourth-order valence-electron chi connectivity index (χ4n) is 1.04. The highest BCUT2D eigenvalue weighted by atomic mass is 32.2. The number of hydrogen-bond acceptors (Lipinski definition) is 3. The molecule has 15 heavy (non-hydrogen) atoms. The van der Waals surface area contributed by atoms with Crippen molar-refractivity contribution >= 4 is 17.7 Å². The van der Waals surface area contributed by atoms with Crippen LogP contribution in [-0.2, 0) is 9.53 Å². The minimum absolute atomic E-state index is 0.207. The van der Waals surface area contributed by atoms with Crippen LogP contribution < -0.4 is 0 Å². The van der Waals surface area contributed by atoms with Gasteiger partial charge in [0.1, 0.15) is 5.82 Å². The third kappa shape index (κ3) is 4.83. The SMILES string of the molecule is CCOC(=O)CCSc1cccc(F)c1. The van der Waals surface area contributed by atoms with Crippen molar-refractivity contribution in [2.75, 3.05) is 12.4 Å². The number of carbonyl (C=O) groups excluding carboxylic acids is 1. The van der Waals surface area contributed by atoms with Crippen molar-refractivity contribution in [1.82, 2.24) is 0 Å². The first-order chi connectivity index (χ1) is 7.22. The molecule has 0 radical (unpaired) electrons. The molecule has 4 heteroatoms. The Morgan fingerprint density at radius 1 is 1.53 bits per heavy atom. The molecule has 0 aromatic heterocycles. The van der Waals surface area contributed by atoms with E-state index >= 15 is 0 Å². The standard InChI is InChI=1S/C11H13FO2S/c1-2-14-11(13)6-7-15-10-5-3-4-9(12)8-10/h3-5,8H,2,6-7H2,1H3. The second-order valence-corrected chi connectivity index (χ2v) is 4.03. The first-order valence-electron chi connectivity index (χ1n) is 4.76. The molecular formula is C11H13FO2S. The second-order valence-electron chi connectivity index (χ2n) is 2.86. The summed E-state index contributed by atoms with van der Waals surface area (Å²) in [7, 11) is 0. The monoisotopic (exact) mass is 228 g/mol. The van der Waals surface area contributed by atoms with Crippen LogP contribution in [-0.4, -0.2) is 18.3 Å². The maximum Gasteiger partial charge on any atom is 0.306 e. The predicted molar refractivity (Wildman–Crippen MR) is 58.4 cm³/mol. The van der Waals surface area contributed by atoms with Crippen molar-refractivity contribution in [3.8, 4) is 0 Å². The van der Waals surface area contributed by atoms with Crippen LogP contribution in [0.1, 0.15) is 13.3 Å². The number of hydrogen-bond donors (Lipinski definition) is 0. The number of halogens is 1. The van der Waals surface area contributed by atoms with Gasteiger partial charge in [-0.3, -0.25) is 4.79 Å². The van der Waals surface area contributed by atoms with Crippen LogP contribution in [0.3, 0.4) is 0 Å². The zero-order valence-electron chi connectivity index (χ0n) is 8.53. The van der Waals surface area contributed by atoms with Gasteiger partial charge in [0.05, 0.1) is 13.0 Å². The van der Waals surface area contributed by atoms with Gasteiger partial charge in [-0.05, 0) is 25.1 Å². The van der Waals surface area contributed by atoms with E-state index in [2.05, 4.69) is 0 Å². The number of ether oxygens (including phenoxy) is 1. The lowest BCUT2D eigenvalue weighted by Gasteiger charge is -2.02. The Morgan fingerprint density at radius 2 is 2.33 bits per heavy atom. The summed E-state index contributed by atoms with van der Waals surface area (Å²) < 4.78 is 17.5. The normalized spacial score (nSPS) is 10.0. The lowest BCUT2D eigenvalue weighted by Crippen LogP contribution is -2.04. The molecule has 0 saturated carbocycles. The highest BCUT2D eigenvalue weighted by Crippen LogP contribution is 2.19. The van der Waals surface area contributed by atoms with Crippen LogP contribution in [0.4, 0.5) is 4.39 Å². The van der Waals surface area contributed by atoms with Gasteiger partial charge >= 0.3 is 5.97 Å². The molecule has 1 rings (SSSR count). The molecule has 0 bridgehead atoms. The number of rotatable bonds is 5. The highest BCUT2D eigenvalue weighted by Gasteiger charge is 2.02. The number of carbonyl (C=O) groups is 1. The molecule has 0 aliphatic heterocycles. The van der Waals surface area contributed by atoms with Crippen LogP contribution in [0.2, 0.25) is 0 Å². The van der Waals surface area contributed by atoms with Gasteiger partial charge in [0.2, 0.25) is 0 Å². The Labute approximate surface area is 92.8 Å². The van der Waals surface area contributed by atoms with E-state index in [1.165, 1.54) is 23.9 Å². The minimum Gasteiger partial charge on any atom is -0.466 e. The third-order valence-electron chi connectivity index (χ3n) is 1.68. The first kappa shape index (κ1) is 12.0. The average Bonchev–Trinajstić information content (AvgIpc) is 2.18. The van der Waals surface area contributed by atoms with Crippen molar-refractivity contribution in [1.29, 1.82) is 0 Å². The van der Waals surface area contributed by atoms with E-state index in [1.807, 2.05) is 6.07 Å². The van der Waals surface area contributed by atoms with Gasteiger partial charge in [-0.2, -0.15) is 0 Å². The van der Waals surface area contributed by atoms with E-state index < -0.39 is 0 Å². The number of esters is 1.